The Labute approximate surface area is 47.0 Å². The second-order valence-electron chi connectivity index (χ2n) is 1.87. The number of allylic oxidation sites excluding steroid dienone is 1. The van der Waals surface area contributed by atoms with E-state index < -0.39 is 0 Å². The van der Waals surface area contributed by atoms with E-state index in [0.29, 0.717) is 5.92 Å². The van der Waals surface area contributed by atoms with Crippen molar-refractivity contribution in [3.63, 3.8) is 0 Å². The first kappa shape index (κ1) is 6.80. The van der Waals surface area contributed by atoms with Crippen LogP contribution in [0.4, 0.5) is 0 Å². The average Bonchev–Trinajstić information content (AvgIpc) is 1.68. The van der Waals surface area contributed by atoms with Crippen LogP contribution in [0, 0.1) is 5.92 Å². The summed E-state index contributed by atoms with van der Waals surface area (Å²) in [5.41, 5.74) is 0. The molecular formula is C6H11B. The predicted molar refractivity (Wildman–Crippen MR) is 34.5 cm³/mol. The van der Waals surface area contributed by atoms with Gasteiger partial charge in [0.25, 0.3) is 0 Å². The predicted octanol–water partition coefficient (Wildman–Crippen LogP) is 1.79. The largest absolute Gasteiger partial charge is 0.103 e. The van der Waals surface area contributed by atoms with Gasteiger partial charge in [-0.05, 0) is 12.3 Å². The van der Waals surface area contributed by atoms with Crippen molar-refractivity contribution in [2.24, 2.45) is 5.92 Å². The van der Waals surface area contributed by atoms with E-state index >= 15 is 0 Å². The van der Waals surface area contributed by atoms with Gasteiger partial charge in [-0.15, -0.1) is 6.58 Å². The highest BCUT2D eigenvalue weighted by Gasteiger charge is 1.90. The summed E-state index contributed by atoms with van der Waals surface area (Å²) in [5.74, 6) is 0.609. The van der Waals surface area contributed by atoms with E-state index in [0.717, 1.165) is 12.7 Å². The van der Waals surface area contributed by atoms with Crippen LogP contribution in [0.15, 0.2) is 12.7 Å². The Morgan fingerprint density at radius 3 is 2.57 bits per heavy atom. The van der Waals surface area contributed by atoms with Crippen molar-refractivity contribution < 1.29 is 0 Å². The van der Waals surface area contributed by atoms with Crippen LogP contribution in [0.5, 0.6) is 0 Å². The zero-order valence-electron chi connectivity index (χ0n) is 4.85. The first-order chi connectivity index (χ1) is 3.31. The smallest absolute Gasteiger partial charge is 0.0656 e. The summed E-state index contributed by atoms with van der Waals surface area (Å²) in [5, 5.41) is 0. The van der Waals surface area contributed by atoms with E-state index in [1.54, 1.807) is 0 Å². The number of hydrogen-bond donors (Lipinski definition) is 0. The molecule has 2 radical (unpaired) electrons. The maximum atomic E-state index is 5.31. The molecule has 1 heteroatoms. The average molecular weight is 94.0 g/mol. The summed E-state index contributed by atoms with van der Waals surface area (Å²) >= 11 is 0. The minimum absolute atomic E-state index is 0.609. The van der Waals surface area contributed by atoms with Gasteiger partial charge in [0, 0.05) is 0 Å². The third kappa shape index (κ3) is 3.64. The molecule has 7 heavy (non-hydrogen) atoms. The van der Waals surface area contributed by atoms with Crippen LogP contribution in [0.25, 0.3) is 0 Å². The van der Waals surface area contributed by atoms with E-state index in [2.05, 4.69) is 13.5 Å². The molecule has 0 aliphatic heterocycles. The monoisotopic (exact) mass is 94.1 g/mol. The van der Waals surface area contributed by atoms with Crippen LogP contribution in [0.3, 0.4) is 0 Å². The Kier molecular flexibility index (Phi) is 3.87. The maximum absolute atomic E-state index is 5.31. The normalized spacial score (nSPS) is 13.3. The van der Waals surface area contributed by atoms with Crippen molar-refractivity contribution in [3.05, 3.63) is 12.7 Å². The third-order valence-electron chi connectivity index (χ3n) is 0.971. The lowest BCUT2D eigenvalue weighted by molar-refractivity contribution is 0.664. The van der Waals surface area contributed by atoms with Crippen LogP contribution in [0.1, 0.15) is 13.3 Å². The van der Waals surface area contributed by atoms with Gasteiger partial charge in [-0.1, -0.05) is 19.3 Å². The number of hydrogen-bond acceptors (Lipinski definition) is 0. The molecule has 0 aromatic rings. The summed E-state index contributed by atoms with van der Waals surface area (Å²) in [4.78, 5) is 0. The van der Waals surface area contributed by atoms with Crippen LogP contribution < -0.4 is 0 Å². The molecule has 1 atom stereocenters. The summed E-state index contributed by atoms with van der Waals surface area (Å²) < 4.78 is 0. The molecule has 0 spiro atoms. The Hall–Kier alpha value is -0.195. The van der Waals surface area contributed by atoms with Crippen molar-refractivity contribution >= 4 is 7.85 Å². The van der Waals surface area contributed by atoms with Gasteiger partial charge < -0.3 is 0 Å². The molecule has 1 unspecified atom stereocenters. The van der Waals surface area contributed by atoms with Crippen molar-refractivity contribution in [1.29, 1.82) is 0 Å². The van der Waals surface area contributed by atoms with E-state index in [1.807, 2.05) is 6.08 Å². The van der Waals surface area contributed by atoms with Gasteiger partial charge in [-0.3, -0.25) is 0 Å². The van der Waals surface area contributed by atoms with Crippen molar-refractivity contribution in [3.8, 4) is 0 Å². The van der Waals surface area contributed by atoms with Gasteiger partial charge >= 0.3 is 0 Å². The summed E-state index contributed by atoms with van der Waals surface area (Å²) in [6.45, 7) is 5.71. The second kappa shape index (κ2) is 3.98. The van der Waals surface area contributed by atoms with E-state index in [4.69, 9.17) is 7.85 Å². The molecule has 0 saturated carbocycles. The maximum Gasteiger partial charge on any atom is 0.0656 e. The van der Waals surface area contributed by atoms with Gasteiger partial charge in [-0.25, -0.2) is 0 Å². The molecule has 0 N–H and O–H groups in total. The molecule has 0 aromatic heterocycles. The molecule has 0 bridgehead atoms. The fourth-order valence-electron chi connectivity index (χ4n) is 0.381. The van der Waals surface area contributed by atoms with Crippen LogP contribution in [-0.4, -0.2) is 7.85 Å². The first-order valence-electron chi connectivity index (χ1n) is 2.62. The molecule has 0 amide bonds. The Morgan fingerprint density at radius 2 is 2.43 bits per heavy atom. The molecule has 0 heterocycles. The third-order valence-corrected chi connectivity index (χ3v) is 0.971. The topological polar surface area (TPSA) is 0 Å². The molecule has 0 rings (SSSR count). The fourth-order valence-corrected chi connectivity index (χ4v) is 0.381. The molecule has 38 valence electrons. The molecule has 0 saturated heterocycles. The van der Waals surface area contributed by atoms with E-state index in [-0.39, 0.29) is 0 Å². The fraction of sp³-hybridized carbons (Fsp3) is 0.667. The number of rotatable bonds is 3. The van der Waals surface area contributed by atoms with Crippen LogP contribution in [-0.2, 0) is 0 Å². The lowest BCUT2D eigenvalue weighted by Crippen LogP contribution is -1.88. The summed E-state index contributed by atoms with van der Waals surface area (Å²) in [6.07, 6.45) is 3.71. The molecule has 0 aliphatic carbocycles. The van der Waals surface area contributed by atoms with Crippen molar-refractivity contribution in [2.45, 2.75) is 19.7 Å². The van der Waals surface area contributed by atoms with Gasteiger partial charge in [0.05, 0.1) is 7.85 Å². The highest BCUT2D eigenvalue weighted by molar-refractivity contribution is 6.08. The Balaban J connectivity index is 2.98. The molecule has 0 aromatic carbocycles. The second-order valence-corrected chi connectivity index (χ2v) is 1.87. The van der Waals surface area contributed by atoms with Gasteiger partial charge in [-0.2, -0.15) is 0 Å². The summed E-state index contributed by atoms with van der Waals surface area (Å²) in [7, 11) is 5.31. The van der Waals surface area contributed by atoms with Gasteiger partial charge in [0.2, 0.25) is 0 Å². The summed E-state index contributed by atoms with van der Waals surface area (Å²) in [6, 6.07) is 0. The highest BCUT2D eigenvalue weighted by atomic mass is 13.9. The highest BCUT2D eigenvalue weighted by Crippen LogP contribution is 2.03. The first-order valence-corrected chi connectivity index (χ1v) is 2.62. The quantitative estimate of drug-likeness (QED) is 0.369. The molecule has 0 nitrogen and oxygen atoms in total. The van der Waals surface area contributed by atoms with Crippen LogP contribution >= 0.6 is 0 Å². The zero-order chi connectivity index (χ0) is 5.70. The molecule has 0 aliphatic rings. The minimum Gasteiger partial charge on any atom is -0.103 e. The lowest BCUT2D eigenvalue weighted by atomic mass is 9.91. The molecule has 0 fully saturated rings. The van der Waals surface area contributed by atoms with Gasteiger partial charge in [0.1, 0.15) is 0 Å². The SMILES string of the molecule is [B]CC(C)CC=C. The van der Waals surface area contributed by atoms with Crippen molar-refractivity contribution in [2.75, 3.05) is 0 Å². The minimum atomic E-state index is 0.609. The Bertz CT molecular complexity index is 50.1. The van der Waals surface area contributed by atoms with E-state index in [1.165, 1.54) is 0 Å². The van der Waals surface area contributed by atoms with E-state index in [9.17, 15) is 0 Å². The van der Waals surface area contributed by atoms with Crippen LogP contribution in [0.2, 0.25) is 6.32 Å². The van der Waals surface area contributed by atoms with Crippen molar-refractivity contribution in [1.82, 2.24) is 0 Å². The standard InChI is InChI=1S/C6H11B/c1-3-4-6(2)5-7/h3,6H,1,4-5H2,2H3. The zero-order valence-corrected chi connectivity index (χ0v) is 4.85. The Morgan fingerprint density at radius 1 is 1.86 bits per heavy atom. The molecular weight excluding hydrogens is 82.9 g/mol. The lowest BCUT2D eigenvalue weighted by Gasteiger charge is -2.00. The van der Waals surface area contributed by atoms with Gasteiger partial charge in [0.15, 0.2) is 0 Å².